The normalized spacial score (nSPS) is 20.7. The Kier molecular flexibility index (Phi) is 5.30. The molecule has 25 heavy (non-hydrogen) atoms. The van der Waals surface area contributed by atoms with Gasteiger partial charge in [-0.15, -0.1) is 0 Å². The van der Waals surface area contributed by atoms with Crippen LogP contribution in [0.2, 0.25) is 0 Å². The minimum absolute atomic E-state index is 0.00677. The van der Waals surface area contributed by atoms with Gasteiger partial charge in [0.25, 0.3) is 0 Å². The number of hydrogen-bond donors (Lipinski definition) is 0. The molecule has 4 rings (SSSR count). The van der Waals surface area contributed by atoms with Crippen LogP contribution in [-0.4, -0.2) is 26.0 Å². The molecular formula is C21H25NO2S. The largest absolute Gasteiger partial charge is 0.353 e. The van der Waals surface area contributed by atoms with Crippen LogP contribution >= 0.6 is 11.8 Å². The second kappa shape index (κ2) is 7.81. The van der Waals surface area contributed by atoms with Gasteiger partial charge >= 0.3 is 0 Å². The van der Waals surface area contributed by atoms with Gasteiger partial charge in [0, 0.05) is 22.9 Å². The van der Waals surface area contributed by atoms with Crippen LogP contribution in [0.15, 0.2) is 58.3 Å². The van der Waals surface area contributed by atoms with E-state index in [0.717, 1.165) is 32.6 Å². The Labute approximate surface area is 154 Å². The van der Waals surface area contributed by atoms with Gasteiger partial charge in [-0.2, -0.15) is 0 Å². The van der Waals surface area contributed by atoms with Crippen LogP contribution < -0.4 is 4.90 Å². The average molecular weight is 356 g/mol. The van der Waals surface area contributed by atoms with E-state index < -0.39 is 0 Å². The van der Waals surface area contributed by atoms with E-state index in [1.807, 2.05) is 11.8 Å². The van der Waals surface area contributed by atoms with Crippen molar-refractivity contribution in [1.82, 2.24) is 0 Å². The molecule has 4 heteroatoms. The molecular weight excluding hydrogens is 330 g/mol. The van der Waals surface area contributed by atoms with E-state index in [4.69, 9.17) is 9.47 Å². The maximum atomic E-state index is 6.01. The van der Waals surface area contributed by atoms with Crippen LogP contribution in [0.5, 0.6) is 0 Å². The maximum absolute atomic E-state index is 6.01. The summed E-state index contributed by atoms with van der Waals surface area (Å²) in [6.45, 7) is 4.78. The lowest BCUT2D eigenvalue weighted by atomic mass is 10.1. The number of rotatable bonds is 5. The minimum Gasteiger partial charge on any atom is -0.353 e. The summed E-state index contributed by atoms with van der Waals surface area (Å²) in [6.07, 6.45) is 3.39. The first-order chi connectivity index (χ1) is 12.3. The van der Waals surface area contributed by atoms with Crippen molar-refractivity contribution in [2.45, 2.75) is 42.3 Å². The second-order valence-electron chi connectivity index (χ2n) is 6.88. The molecule has 2 aromatic carbocycles. The summed E-state index contributed by atoms with van der Waals surface area (Å²) in [6, 6.07) is 17.3. The Morgan fingerprint density at radius 1 is 1.08 bits per heavy atom. The lowest BCUT2D eigenvalue weighted by Crippen LogP contribution is -2.30. The zero-order valence-electron chi connectivity index (χ0n) is 14.7. The molecule has 0 spiro atoms. The summed E-state index contributed by atoms with van der Waals surface area (Å²) >= 11 is 1.86. The van der Waals surface area contributed by atoms with Gasteiger partial charge in [-0.3, -0.25) is 0 Å². The Balaban J connectivity index is 1.47. The summed E-state index contributed by atoms with van der Waals surface area (Å²) in [7, 11) is 0. The molecule has 1 saturated heterocycles. The molecule has 1 unspecified atom stereocenters. The Bertz CT molecular complexity index is 669. The average Bonchev–Trinajstić information content (AvgIpc) is 2.67. The summed E-state index contributed by atoms with van der Waals surface area (Å²) in [5, 5.41) is 0. The van der Waals surface area contributed by atoms with E-state index in [1.165, 1.54) is 27.6 Å². The molecule has 2 aliphatic rings. The van der Waals surface area contributed by atoms with E-state index in [2.05, 4.69) is 60.4 Å². The number of hydrogen-bond acceptors (Lipinski definition) is 4. The van der Waals surface area contributed by atoms with E-state index in [1.54, 1.807) is 0 Å². The van der Waals surface area contributed by atoms with E-state index in [-0.39, 0.29) is 6.29 Å². The number of benzene rings is 2. The third-order valence-electron chi connectivity index (χ3n) is 4.73. The zero-order valence-corrected chi connectivity index (χ0v) is 15.5. The molecule has 0 radical (unpaired) electrons. The van der Waals surface area contributed by atoms with E-state index >= 15 is 0 Å². The quantitative estimate of drug-likeness (QED) is 0.709. The summed E-state index contributed by atoms with van der Waals surface area (Å²) in [5.41, 5.74) is 2.60. The Hall–Kier alpha value is -1.49. The first-order valence-corrected chi connectivity index (χ1v) is 9.99. The smallest absolute Gasteiger partial charge is 0.157 e. The van der Waals surface area contributed by atoms with E-state index in [0.29, 0.717) is 5.92 Å². The fourth-order valence-corrected chi connectivity index (χ4v) is 4.55. The van der Waals surface area contributed by atoms with Crippen molar-refractivity contribution in [3.63, 3.8) is 0 Å². The predicted octanol–water partition coefficient (Wildman–Crippen LogP) is 5.47. The molecule has 0 bridgehead atoms. The summed E-state index contributed by atoms with van der Waals surface area (Å²) in [5.74, 6) is 0.426. The first-order valence-electron chi connectivity index (χ1n) is 9.18. The van der Waals surface area contributed by atoms with Crippen LogP contribution in [0.3, 0.4) is 0 Å². The minimum atomic E-state index is -0.00677. The number of ether oxygens (including phenoxy) is 2. The highest BCUT2D eigenvalue weighted by Gasteiger charge is 2.24. The second-order valence-corrected chi connectivity index (χ2v) is 7.97. The lowest BCUT2D eigenvalue weighted by Gasteiger charge is -2.35. The molecule has 3 nitrogen and oxygen atoms in total. The topological polar surface area (TPSA) is 21.7 Å². The zero-order chi connectivity index (χ0) is 17.1. The molecule has 2 heterocycles. The fraction of sp³-hybridized carbons (Fsp3) is 0.429. The van der Waals surface area contributed by atoms with Crippen molar-refractivity contribution in [3.8, 4) is 0 Å². The maximum Gasteiger partial charge on any atom is 0.157 e. The standard InChI is InChI=1S/C21H25NO2S/c1-16(15-24-21-12-6-7-13-23-21)14-22-17-8-2-4-10-19(17)25-20-11-5-3-9-18(20)22/h2-5,8-11,16,21H,6-7,12-15H2,1H3/t16?,21-/m0/s1. The molecule has 0 aliphatic carbocycles. The van der Waals surface area contributed by atoms with E-state index in [9.17, 15) is 0 Å². The van der Waals surface area contributed by atoms with Crippen molar-refractivity contribution in [3.05, 3.63) is 48.5 Å². The lowest BCUT2D eigenvalue weighted by molar-refractivity contribution is -0.167. The third-order valence-corrected chi connectivity index (χ3v) is 5.86. The van der Waals surface area contributed by atoms with Crippen molar-refractivity contribution >= 4 is 23.1 Å². The molecule has 2 aromatic rings. The fourth-order valence-electron chi connectivity index (χ4n) is 3.46. The van der Waals surface area contributed by atoms with Gasteiger partial charge in [0.15, 0.2) is 6.29 Å². The van der Waals surface area contributed by atoms with Crippen LogP contribution in [0.4, 0.5) is 11.4 Å². The van der Waals surface area contributed by atoms with Gasteiger partial charge in [-0.1, -0.05) is 43.0 Å². The number of para-hydroxylation sites is 2. The molecule has 2 atom stereocenters. The van der Waals surface area contributed by atoms with Gasteiger partial charge in [-0.05, 0) is 49.4 Å². The number of fused-ring (bicyclic) bond motifs is 2. The highest BCUT2D eigenvalue weighted by molar-refractivity contribution is 7.99. The van der Waals surface area contributed by atoms with Gasteiger partial charge in [0.05, 0.1) is 18.0 Å². The van der Waals surface area contributed by atoms with Crippen molar-refractivity contribution < 1.29 is 9.47 Å². The van der Waals surface area contributed by atoms with Crippen molar-refractivity contribution in [2.24, 2.45) is 5.92 Å². The molecule has 0 saturated carbocycles. The Morgan fingerprint density at radius 3 is 2.40 bits per heavy atom. The molecule has 1 fully saturated rings. The molecule has 2 aliphatic heterocycles. The molecule has 0 aromatic heterocycles. The van der Waals surface area contributed by atoms with Crippen LogP contribution in [0.25, 0.3) is 0 Å². The van der Waals surface area contributed by atoms with Gasteiger partial charge in [0.1, 0.15) is 0 Å². The molecule has 0 N–H and O–H groups in total. The molecule has 132 valence electrons. The number of anilines is 2. The third kappa shape index (κ3) is 3.86. The van der Waals surface area contributed by atoms with Crippen LogP contribution in [0, 0.1) is 5.92 Å². The summed E-state index contributed by atoms with van der Waals surface area (Å²) in [4.78, 5) is 5.09. The van der Waals surface area contributed by atoms with Gasteiger partial charge in [-0.25, -0.2) is 0 Å². The van der Waals surface area contributed by atoms with Crippen molar-refractivity contribution in [2.75, 3.05) is 24.7 Å². The monoisotopic (exact) mass is 355 g/mol. The van der Waals surface area contributed by atoms with Crippen molar-refractivity contribution in [1.29, 1.82) is 0 Å². The van der Waals surface area contributed by atoms with Gasteiger partial charge < -0.3 is 14.4 Å². The Morgan fingerprint density at radius 2 is 1.76 bits per heavy atom. The first kappa shape index (κ1) is 17.0. The van der Waals surface area contributed by atoms with Gasteiger partial charge in [0.2, 0.25) is 0 Å². The highest BCUT2D eigenvalue weighted by atomic mass is 32.2. The molecule has 0 amide bonds. The van der Waals surface area contributed by atoms with Crippen LogP contribution in [0.1, 0.15) is 26.2 Å². The number of nitrogens with zero attached hydrogens (tertiary/aromatic N) is 1. The SMILES string of the molecule is CC(CO[C@H]1CCCCO1)CN1c2ccccc2Sc2ccccc21. The van der Waals surface area contributed by atoms with Crippen LogP contribution in [-0.2, 0) is 9.47 Å². The summed E-state index contributed by atoms with van der Waals surface area (Å²) < 4.78 is 11.7. The highest BCUT2D eigenvalue weighted by Crippen LogP contribution is 2.47. The predicted molar refractivity (Wildman–Crippen MR) is 103 cm³/mol.